The van der Waals surface area contributed by atoms with E-state index < -0.39 is 0 Å². The molecule has 0 radical (unpaired) electrons. The maximum atomic E-state index is 11.4. The maximum absolute atomic E-state index is 11.4. The largest absolute Gasteiger partial charge is 0.365 e. The highest BCUT2D eigenvalue weighted by atomic mass is 79.9. The first-order valence-corrected chi connectivity index (χ1v) is 7.54. The van der Waals surface area contributed by atoms with E-state index in [2.05, 4.69) is 61.0 Å². The molecule has 2 atom stereocenters. The number of anilines is 1. The van der Waals surface area contributed by atoms with Crippen molar-refractivity contribution in [1.29, 1.82) is 0 Å². The third kappa shape index (κ3) is 3.21. The highest BCUT2D eigenvalue weighted by molar-refractivity contribution is 9.10. The Labute approximate surface area is 131 Å². The van der Waals surface area contributed by atoms with Gasteiger partial charge in [0.25, 0.3) is 5.91 Å². The molecular formula is C15H15BrN4O. The summed E-state index contributed by atoms with van der Waals surface area (Å²) in [5.74, 6) is 0.985. The molecule has 1 amide bonds. The molecule has 2 aromatic rings. The number of aromatic nitrogens is 2. The van der Waals surface area contributed by atoms with Gasteiger partial charge in [-0.15, -0.1) is 10.2 Å². The number of nitrogens with zero attached hydrogens (tertiary/aromatic N) is 2. The molecule has 1 aromatic heterocycles. The first-order chi connectivity index (χ1) is 10.2. The molecule has 1 aromatic carbocycles. The van der Waals surface area contributed by atoms with Crippen molar-refractivity contribution in [3.8, 4) is 0 Å². The van der Waals surface area contributed by atoms with Gasteiger partial charge in [0, 0.05) is 23.5 Å². The average molecular weight is 347 g/mol. The summed E-state index contributed by atoms with van der Waals surface area (Å²) in [6.07, 6.45) is 1.08. The number of rotatable bonds is 4. The number of carbonyl (C=O) groups is 1. The fourth-order valence-electron chi connectivity index (χ4n) is 2.28. The number of halogens is 1. The summed E-state index contributed by atoms with van der Waals surface area (Å²) in [5, 5.41) is 13.8. The normalized spacial score (nSPS) is 19.9. The molecular weight excluding hydrogens is 332 g/mol. The van der Waals surface area contributed by atoms with Crippen LogP contribution in [0.4, 0.5) is 5.82 Å². The van der Waals surface area contributed by atoms with Gasteiger partial charge < -0.3 is 10.6 Å². The Morgan fingerprint density at radius 3 is 2.57 bits per heavy atom. The molecule has 5 nitrogen and oxygen atoms in total. The highest BCUT2D eigenvalue weighted by Crippen LogP contribution is 2.42. The SMILES string of the molecule is CNC(=O)c1ccc(NC2CC2c2ccc(Br)cc2)nn1. The van der Waals surface area contributed by atoms with Gasteiger partial charge in [0.2, 0.25) is 0 Å². The number of carbonyl (C=O) groups excluding carboxylic acids is 1. The summed E-state index contributed by atoms with van der Waals surface area (Å²) in [4.78, 5) is 11.4. The summed E-state index contributed by atoms with van der Waals surface area (Å²) in [7, 11) is 1.57. The lowest BCUT2D eigenvalue weighted by molar-refractivity contribution is 0.0957. The predicted octanol–water partition coefficient (Wildman–Crippen LogP) is 2.57. The molecule has 21 heavy (non-hydrogen) atoms. The van der Waals surface area contributed by atoms with Crippen LogP contribution in [0.15, 0.2) is 40.9 Å². The van der Waals surface area contributed by atoms with E-state index in [9.17, 15) is 4.79 Å². The van der Waals surface area contributed by atoms with Crippen LogP contribution >= 0.6 is 15.9 Å². The third-order valence-corrected chi connectivity index (χ3v) is 4.07. The Morgan fingerprint density at radius 2 is 1.95 bits per heavy atom. The van der Waals surface area contributed by atoms with Gasteiger partial charge >= 0.3 is 0 Å². The zero-order valence-electron chi connectivity index (χ0n) is 11.5. The molecule has 0 bridgehead atoms. The van der Waals surface area contributed by atoms with Crippen LogP contribution in [0.25, 0.3) is 0 Å². The molecule has 2 N–H and O–H groups in total. The predicted molar refractivity (Wildman–Crippen MR) is 84.3 cm³/mol. The molecule has 2 unspecified atom stereocenters. The molecule has 1 saturated carbocycles. The van der Waals surface area contributed by atoms with Crippen molar-refractivity contribution >= 4 is 27.7 Å². The first kappa shape index (κ1) is 14.0. The molecule has 6 heteroatoms. The quantitative estimate of drug-likeness (QED) is 0.892. The first-order valence-electron chi connectivity index (χ1n) is 6.75. The molecule has 1 aliphatic rings. The lowest BCUT2D eigenvalue weighted by Crippen LogP contribution is -2.20. The van der Waals surface area contributed by atoms with Crippen molar-refractivity contribution in [2.24, 2.45) is 0 Å². The van der Waals surface area contributed by atoms with Crippen molar-refractivity contribution < 1.29 is 4.79 Å². The Kier molecular flexibility index (Phi) is 3.88. The van der Waals surface area contributed by atoms with E-state index in [-0.39, 0.29) is 5.91 Å². The van der Waals surface area contributed by atoms with Crippen LogP contribution in [-0.2, 0) is 0 Å². The lowest BCUT2D eigenvalue weighted by atomic mass is 10.1. The average Bonchev–Trinajstić information content (AvgIpc) is 3.27. The molecule has 0 spiro atoms. The van der Waals surface area contributed by atoms with Gasteiger partial charge in [-0.2, -0.15) is 0 Å². The second-order valence-electron chi connectivity index (χ2n) is 5.03. The zero-order valence-corrected chi connectivity index (χ0v) is 13.1. The number of hydrogen-bond acceptors (Lipinski definition) is 4. The van der Waals surface area contributed by atoms with Crippen LogP contribution in [0, 0.1) is 0 Å². The monoisotopic (exact) mass is 346 g/mol. The zero-order chi connectivity index (χ0) is 14.8. The fourth-order valence-corrected chi connectivity index (χ4v) is 2.55. The van der Waals surface area contributed by atoms with Crippen LogP contribution in [-0.4, -0.2) is 29.2 Å². The van der Waals surface area contributed by atoms with Crippen molar-refractivity contribution in [2.45, 2.75) is 18.4 Å². The fraction of sp³-hybridized carbons (Fsp3) is 0.267. The van der Waals surface area contributed by atoms with E-state index in [1.54, 1.807) is 19.2 Å². The highest BCUT2D eigenvalue weighted by Gasteiger charge is 2.38. The molecule has 3 rings (SSSR count). The van der Waals surface area contributed by atoms with E-state index >= 15 is 0 Å². The molecule has 1 fully saturated rings. The van der Waals surface area contributed by atoms with Crippen LogP contribution in [0.5, 0.6) is 0 Å². The number of nitrogens with one attached hydrogen (secondary N) is 2. The van der Waals surface area contributed by atoms with Crippen LogP contribution in [0.2, 0.25) is 0 Å². The van der Waals surface area contributed by atoms with Gasteiger partial charge in [-0.1, -0.05) is 28.1 Å². The second kappa shape index (κ2) is 5.81. The Bertz CT molecular complexity index is 642. The Balaban J connectivity index is 1.61. The molecule has 1 heterocycles. The van der Waals surface area contributed by atoms with Gasteiger partial charge in [0.1, 0.15) is 5.82 Å². The summed E-state index contributed by atoms with van der Waals surface area (Å²) in [6, 6.07) is 12.2. The van der Waals surface area contributed by atoms with E-state index in [0.29, 0.717) is 23.5 Å². The van der Waals surface area contributed by atoms with E-state index in [0.717, 1.165) is 10.9 Å². The van der Waals surface area contributed by atoms with Crippen LogP contribution in [0.1, 0.15) is 28.4 Å². The topological polar surface area (TPSA) is 66.9 Å². The lowest BCUT2D eigenvalue weighted by Gasteiger charge is -2.05. The van der Waals surface area contributed by atoms with Gasteiger partial charge in [0.15, 0.2) is 5.69 Å². The smallest absolute Gasteiger partial charge is 0.271 e. The summed E-state index contributed by atoms with van der Waals surface area (Å²) >= 11 is 3.44. The van der Waals surface area contributed by atoms with E-state index in [1.165, 1.54) is 5.56 Å². The van der Waals surface area contributed by atoms with E-state index in [1.807, 2.05) is 0 Å². The molecule has 1 aliphatic carbocycles. The molecule has 0 aliphatic heterocycles. The maximum Gasteiger partial charge on any atom is 0.271 e. The second-order valence-corrected chi connectivity index (χ2v) is 5.94. The van der Waals surface area contributed by atoms with Crippen molar-refractivity contribution in [3.05, 3.63) is 52.1 Å². The summed E-state index contributed by atoms with van der Waals surface area (Å²) in [5.41, 5.74) is 1.65. The Morgan fingerprint density at radius 1 is 1.19 bits per heavy atom. The van der Waals surface area contributed by atoms with Crippen molar-refractivity contribution in [1.82, 2.24) is 15.5 Å². The summed E-state index contributed by atoms with van der Waals surface area (Å²) < 4.78 is 1.09. The molecule has 0 saturated heterocycles. The van der Waals surface area contributed by atoms with Crippen LogP contribution in [0.3, 0.4) is 0 Å². The van der Waals surface area contributed by atoms with Gasteiger partial charge in [-0.3, -0.25) is 4.79 Å². The van der Waals surface area contributed by atoms with Gasteiger partial charge in [-0.05, 0) is 36.2 Å². The third-order valence-electron chi connectivity index (χ3n) is 3.55. The minimum Gasteiger partial charge on any atom is -0.365 e. The Hall–Kier alpha value is -1.95. The number of benzene rings is 1. The number of amides is 1. The summed E-state index contributed by atoms with van der Waals surface area (Å²) in [6.45, 7) is 0. The van der Waals surface area contributed by atoms with Crippen molar-refractivity contribution in [2.75, 3.05) is 12.4 Å². The van der Waals surface area contributed by atoms with E-state index in [4.69, 9.17) is 0 Å². The number of hydrogen-bond donors (Lipinski definition) is 2. The molecule has 108 valence electrons. The van der Waals surface area contributed by atoms with Crippen molar-refractivity contribution in [3.63, 3.8) is 0 Å². The van der Waals surface area contributed by atoms with Gasteiger partial charge in [0.05, 0.1) is 0 Å². The van der Waals surface area contributed by atoms with Crippen LogP contribution < -0.4 is 10.6 Å². The minimum atomic E-state index is -0.229. The minimum absolute atomic E-state index is 0.229. The standard InChI is InChI=1S/C15H15BrN4O/c1-17-15(21)12-6-7-14(20-19-12)18-13-8-11(13)9-2-4-10(16)5-3-9/h2-7,11,13H,8H2,1H3,(H,17,21)(H,18,20). The van der Waals surface area contributed by atoms with Gasteiger partial charge in [-0.25, -0.2) is 0 Å².